The lowest BCUT2D eigenvalue weighted by Crippen LogP contribution is -2.14. The first kappa shape index (κ1) is 18.4. The van der Waals surface area contributed by atoms with Crippen LogP contribution in [-0.4, -0.2) is 23.9 Å². The summed E-state index contributed by atoms with van der Waals surface area (Å²) in [5, 5.41) is 5.54. The van der Waals surface area contributed by atoms with Gasteiger partial charge >= 0.3 is 0 Å². The van der Waals surface area contributed by atoms with Crippen LogP contribution in [0, 0.1) is 0 Å². The molecule has 0 spiro atoms. The Morgan fingerprint density at radius 3 is 2.22 bits per heavy atom. The van der Waals surface area contributed by atoms with E-state index in [-0.39, 0.29) is 17.0 Å². The minimum Gasteiger partial charge on any atom is -0.497 e. The lowest BCUT2D eigenvalue weighted by molar-refractivity contribution is 0.101. The van der Waals surface area contributed by atoms with E-state index in [1.54, 1.807) is 61.7 Å². The molecule has 0 aliphatic rings. The highest BCUT2D eigenvalue weighted by atomic mass is 35.5. The highest BCUT2D eigenvalue weighted by molar-refractivity contribution is 6.32. The summed E-state index contributed by atoms with van der Waals surface area (Å²) in [5.41, 5.74) is 1.66. The van der Waals surface area contributed by atoms with Gasteiger partial charge in [-0.2, -0.15) is 0 Å². The van der Waals surface area contributed by atoms with Gasteiger partial charge in [0, 0.05) is 11.1 Å². The predicted molar refractivity (Wildman–Crippen MR) is 105 cm³/mol. The topological polar surface area (TPSA) is 80.3 Å². The molecule has 3 aromatic rings. The number of halogens is 1. The molecule has 1 aromatic heterocycles. The molecule has 0 saturated heterocycles. The molecule has 0 atom stereocenters. The molecule has 0 radical (unpaired) electrons. The monoisotopic (exact) mass is 381 g/mol. The number of ether oxygens (including phenoxy) is 1. The maximum atomic E-state index is 12.4. The molecule has 0 aliphatic carbocycles. The second kappa shape index (κ2) is 8.33. The van der Waals surface area contributed by atoms with Crippen LogP contribution in [0.1, 0.15) is 20.7 Å². The van der Waals surface area contributed by atoms with Crippen molar-refractivity contribution in [2.24, 2.45) is 0 Å². The van der Waals surface area contributed by atoms with Crippen LogP contribution in [0.3, 0.4) is 0 Å². The molecule has 2 N–H and O–H groups in total. The van der Waals surface area contributed by atoms with Crippen molar-refractivity contribution < 1.29 is 14.3 Å². The smallest absolute Gasteiger partial charge is 0.255 e. The van der Waals surface area contributed by atoms with E-state index in [0.29, 0.717) is 28.3 Å². The van der Waals surface area contributed by atoms with Crippen LogP contribution in [0.2, 0.25) is 5.15 Å². The maximum absolute atomic E-state index is 12.4. The summed E-state index contributed by atoms with van der Waals surface area (Å²) in [7, 11) is 1.56. The van der Waals surface area contributed by atoms with E-state index < -0.39 is 0 Å². The summed E-state index contributed by atoms with van der Waals surface area (Å²) < 4.78 is 5.07. The Hall–Kier alpha value is -3.38. The molecule has 136 valence electrons. The van der Waals surface area contributed by atoms with Crippen LogP contribution in [0.15, 0.2) is 66.9 Å². The van der Waals surface area contributed by atoms with E-state index in [1.165, 1.54) is 6.20 Å². The molecule has 27 heavy (non-hydrogen) atoms. The van der Waals surface area contributed by atoms with Crippen LogP contribution in [0.25, 0.3) is 0 Å². The number of nitrogens with zero attached hydrogens (tertiary/aromatic N) is 1. The fourth-order valence-electron chi connectivity index (χ4n) is 2.33. The highest BCUT2D eigenvalue weighted by Crippen LogP contribution is 2.24. The predicted octanol–water partition coefficient (Wildman–Crippen LogP) is 4.25. The van der Waals surface area contributed by atoms with E-state index in [2.05, 4.69) is 15.6 Å². The van der Waals surface area contributed by atoms with Crippen molar-refractivity contribution >= 4 is 34.8 Å². The number of rotatable bonds is 5. The lowest BCUT2D eigenvalue weighted by Gasteiger charge is -2.10. The zero-order valence-electron chi connectivity index (χ0n) is 14.4. The zero-order chi connectivity index (χ0) is 19.2. The SMILES string of the molecule is COc1ccc(C(=O)Nc2cnc(Cl)c(NC(=O)c3ccccc3)c2)cc1. The van der Waals surface area contributed by atoms with Gasteiger partial charge in [0.1, 0.15) is 5.75 Å². The minimum atomic E-state index is -0.321. The van der Waals surface area contributed by atoms with Crippen molar-refractivity contribution in [2.45, 2.75) is 0 Å². The van der Waals surface area contributed by atoms with E-state index in [1.807, 2.05) is 6.07 Å². The Balaban J connectivity index is 1.74. The van der Waals surface area contributed by atoms with Crippen molar-refractivity contribution in [3.8, 4) is 5.75 Å². The van der Waals surface area contributed by atoms with Gasteiger partial charge in [0.15, 0.2) is 5.15 Å². The number of carbonyl (C=O) groups is 2. The summed E-state index contributed by atoms with van der Waals surface area (Å²) in [6, 6.07) is 17.0. The van der Waals surface area contributed by atoms with Gasteiger partial charge in [-0.25, -0.2) is 4.98 Å². The van der Waals surface area contributed by atoms with Gasteiger partial charge in [0.05, 0.1) is 24.7 Å². The molecule has 7 heteroatoms. The molecule has 3 rings (SSSR count). The highest BCUT2D eigenvalue weighted by Gasteiger charge is 2.12. The number of benzene rings is 2. The van der Waals surface area contributed by atoms with E-state index >= 15 is 0 Å². The fraction of sp³-hybridized carbons (Fsp3) is 0.0500. The number of methoxy groups -OCH3 is 1. The molecule has 0 unspecified atom stereocenters. The van der Waals surface area contributed by atoms with Gasteiger partial charge in [0.25, 0.3) is 11.8 Å². The molecule has 0 saturated carbocycles. The Morgan fingerprint density at radius 1 is 0.926 bits per heavy atom. The molecular weight excluding hydrogens is 366 g/mol. The maximum Gasteiger partial charge on any atom is 0.255 e. The number of carbonyl (C=O) groups excluding carboxylic acids is 2. The van der Waals surface area contributed by atoms with Crippen LogP contribution >= 0.6 is 11.6 Å². The number of nitrogens with one attached hydrogen (secondary N) is 2. The van der Waals surface area contributed by atoms with Gasteiger partial charge in [-0.05, 0) is 42.5 Å². The van der Waals surface area contributed by atoms with Gasteiger partial charge in [-0.15, -0.1) is 0 Å². The van der Waals surface area contributed by atoms with Crippen molar-refractivity contribution in [3.63, 3.8) is 0 Å². The molecule has 0 fully saturated rings. The molecule has 0 aliphatic heterocycles. The Kier molecular flexibility index (Phi) is 5.68. The summed E-state index contributed by atoms with van der Waals surface area (Å²) in [4.78, 5) is 28.7. The van der Waals surface area contributed by atoms with Gasteiger partial charge < -0.3 is 15.4 Å². The van der Waals surface area contributed by atoms with Crippen LogP contribution in [0.5, 0.6) is 5.75 Å². The van der Waals surface area contributed by atoms with E-state index in [0.717, 1.165) is 0 Å². The first-order valence-corrected chi connectivity index (χ1v) is 8.42. The summed E-state index contributed by atoms with van der Waals surface area (Å²) >= 11 is 6.06. The third-order valence-electron chi connectivity index (χ3n) is 3.73. The molecule has 6 nitrogen and oxygen atoms in total. The van der Waals surface area contributed by atoms with Gasteiger partial charge in [-0.3, -0.25) is 9.59 Å². The lowest BCUT2D eigenvalue weighted by atomic mass is 10.2. The molecule has 2 amide bonds. The summed E-state index contributed by atoms with van der Waals surface area (Å²) in [6.07, 6.45) is 1.42. The molecular formula is C20H16ClN3O3. The van der Waals surface area contributed by atoms with Gasteiger partial charge in [0.2, 0.25) is 0 Å². The summed E-state index contributed by atoms with van der Waals surface area (Å²) in [5.74, 6) is 0.0191. The number of hydrogen-bond donors (Lipinski definition) is 2. The largest absolute Gasteiger partial charge is 0.497 e. The second-order valence-electron chi connectivity index (χ2n) is 5.57. The van der Waals surface area contributed by atoms with Crippen molar-refractivity contribution in [2.75, 3.05) is 17.7 Å². The van der Waals surface area contributed by atoms with Crippen molar-refractivity contribution in [1.29, 1.82) is 0 Å². The number of aromatic nitrogens is 1. The third-order valence-corrected chi connectivity index (χ3v) is 4.03. The number of amides is 2. The Bertz CT molecular complexity index is 960. The second-order valence-corrected chi connectivity index (χ2v) is 5.92. The van der Waals surface area contributed by atoms with Crippen LogP contribution in [0.4, 0.5) is 11.4 Å². The van der Waals surface area contributed by atoms with Gasteiger partial charge in [-0.1, -0.05) is 29.8 Å². The van der Waals surface area contributed by atoms with Crippen LogP contribution < -0.4 is 15.4 Å². The number of anilines is 2. The first-order chi connectivity index (χ1) is 13.1. The number of pyridine rings is 1. The van der Waals surface area contributed by atoms with Crippen molar-refractivity contribution in [1.82, 2.24) is 4.98 Å². The zero-order valence-corrected chi connectivity index (χ0v) is 15.2. The first-order valence-electron chi connectivity index (χ1n) is 8.04. The quantitative estimate of drug-likeness (QED) is 0.647. The average Bonchev–Trinajstić information content (AvgIpc) is 2.71. The summed E-state index contributed by atoms with van der Waals surface area (Å²) in [6.45, 7) is 0. The van der Waals surface area contributed by atoms with E-state index in [4.69, 9.17) is 16.3 Å². The Labute approximate surface area is 161 Å². The average molecular weight is 382 g/mol. The van der Waals surface area contributed by atoms with Crippen LogP contribution in [-0.2, 0) is 0 Å². The number of hydrogen-bond acceptors (Lipinski definition) is 4. The molecule has 1 heterocycles. The van der Waals surface area contributed by atoms with Crippen molar-refractivity contribution in [3.05, 3.63) is 83.1 Å². The van der Waals surface area contributed by atoms with E-state index in [9.17, 15) is 9.59 Å². The fourth-order valence-corrected chi connectivity index (χ4v) is 2.48. The molecule has 0 bridgehead atoms. The molecule has 2 aromatic carbocycles. The minimum absolute atomic E-state index is 0.127. The normalized spacial score (nSPS) is 10.1. The standard InChI is InChI=1S/C20H16ClN3O3/c1-27-16-9-7-14(8-10-16)19(25)23-15-11-17(18(21)22-12-15)24-20(26)13-5-3-2-4-6-13/h2-12H,1H3,(H,23,25)(H,24,26). The third kappa shape index (κ3) is 4.62. The Morgan fingerprint density at radius 2 is 1.56 bits per heavy atom.